The number of benzene rings is 3. The van der Waals surface area contributed by atoms with E-state index in [4.69, 9.17) is 13.8 Å². The number of carbonyl (C=O) groups is 2. The molecule has 3 aromatic carbocycles. The number of carbonyl (C=O) groups excluding carboxylic acids is 1. The lowest BCUT2D eigenvalue weighted by atomic mass is 9.98. The molecule has 188 valence electrons. The van der Waals surface area contributed by atoms with E-state index in [0.717, 1.165) is 22.3 Å². The Balaban J connectivity index is 1.27. The Morgan fingerprint density at radius 2 is 1.47 bits per heavy atom. The highest BCUT2D eigenvalue weighted by Crippen LogP contribution is 2.45. The lowest BCUT2D eigenvalue weighted by molar-refractivity contribution is -0.139. The molecule has 1 amide bonds. The van der Waals surface area contributed by atoms with E-state index >= 15 is 0 Å². The van der Waals surface area contributed by atoms with Crippen LogP contribution in [-0.2, 0) is 29.8 Å². The molecule has 1 aliphatic carbocycles. The van der Waals surface area contributed by atoms with Crippen LogP contribution in [0.3, 0.4) is 0 Å². The first kappa shape index (κ1) is 25.6. The summed E-state index contributed by atoms with van der Waals surface area (Å²) in [6.07, 6.45) is -1.17. The fourth-order valence-electron chi connectivity index (χ4n) is 4.09. The number of hydrogen-bond acceptors (Lipinski definition) is 6. The topological polar surface area (TPSA) is 131 Å². The summed E-state index contributed by atoms with van der Waals surface area (Å²) in [6.45, 7) is -0.542. The molecule has 2 atom stereocenters. The summed E-state index contributed by atoms with van der Waals surface area (Å²) in [5.41, 5.74) is 4.89. The molecule has 0 aromatic heterocycles. The average Bonchev–Trinajstić information content (AvgIpc) is 3.20. The molecule has 0 fully saturated rings. The van der Waals surface area contributed by atoms with Gasteiger partial charge in [-0.3, -0.25) is 9.05 Å². The zero-order valence-corrected chi connectivity index (χ0v) is 20.2. The van der Waals surface area contributed by atoms with Gasteiger partial charge in [0.05, 0.1) is 13.2 Å². The van der Waals surface area contributed by atoms with Crippen LogP contribution < -0.4 is 5.32 Å². The maximum atomic E-state index is 12.4. The number of phosphoric acid groups is 1. The third-order valence-corrected chi connectivity index (χ3v) is 6.80. The number of nitrogens with one attached hydrogen (secondary N) is 1. The van der Waals surface area contributed by atoms with Crippen LogP contribution in [0.1, 0.15) is 29.0 Å². The molecule has 9 nitrogen and oxygen atoms in total. The minimum absolute atomic E-state index is 0.0296. The van der Waals surface area contributed by atoms with Crippen LogP contribution in [0.2, 0.25) is 0 Å². The third kappa shape index (κ3) is 6.38. The Hall–Kier alpha value is -3.49. The summed E-state index contributed by atoms with van der Waals surface area (Å²) in [7, 11) is -4.40. The lowest BCUT2D eigenvalue weighted by Crippen LogP contribution is -2.42. The second-order valence-electron chi connectivity index (χ2n) is 8.21. The van der Waals surface area contributed by atoms with Crippen LogP contribution in [0, 0.1) is 0 Å². The quantitative estimate of drug-likeness (QED) is 0.316. The van der Waals surface area contributed by atoms with Gasteiger partial charge in [-0.15, -0.1) is 0 Å². The molecule has 0 heterocycles. The second kappa shape index (κ2) is 11.5. The fraction of sp³-hybridized carbons (Fsp3) is 0.231. The lowest BCUT2D eigenvalue weighted by Gasteiger charge is -2.18. The zero-order chi connectivity index (χ0) is 25.5. The molecule has 3 N–H and O–H groups in total. The Morgan fingerprint density at radius 3 is 2.08 bits per heavy atom. The van der Waals surface area contributed by atoms with Crippen molar-refractivity contribution < 1.29 is 37.9 Å². The Morgan fingerprint density at radius 1 is 0.889 bits per heavy atom. The standard InChI is InChI=1S/C26H26NO8P/c28-25(29)24(14-15-34-36(31,32)35-16-18-8-2-1-3-9-18)27-26(30)33-17-23-21-12-6-4-10-19(21)20-11-5-7-13-22(20)23/h1-13,23-24H,14-17H2,(H,27,30)(H,28,29)(H,31,32). The minimum Gasteiger partial charge on any atom is -0.480 e. The SMILES string of the molecule is O=C(NC(CCOP(=O)(O)OCc1ccccc1)C(=O)O)OCC1c2ccccc2-c2ccccc21. The van der Waals surface area contributed by atoms with Crippen LogP contribution in [0.15, 0.2) is 78.9 Å². The number of phosphoric ester groups is 1. The van der Waals surface area contributed by atoms with Gasteiger partial charge < -0.3 is 20.1 Å². The van der Waals surface area contributed by atoms with Crippen molar-refractivity contribution in [2.75, 3.05) is 13.2 Å². The van der Waals surface area contributed by atoms with E-state index in [0.29, 0.717) is 5.56 Å². The highest BCUT2D eigenvalue weighted by Gasteiger charge is 2.30. The van der Waals surface area contributed by atoms with Crippen molar-refractivity contribution in [3.05, 3.63) is 95.6 Å². The van der Waals surface area contributed by atoms with E-state index in [1.54, 1.807) is 30.3 Å². The first-order chi connectivity index (χ1) is 17.3. The smallest absolute Gasteiger partial charge is 0.472 e. The molecule has 0 bridgehead atoms. The summed E-state index contributed by atoms with van der Waals surface area (Å²) >= 11 is 0. The maximum absolute atomic E-state index is 12.4. The molecule has 0 spiro atoms. The molecular formula is C26H26NO8P. The molecule has 4 rings (SSSR count). The van der Waals surface area contributed by atoms with Gasteiger partial charge in [0.15, 0.2) is 0 Å². The molecule has 3 aromatic rings. The zero-order valence-electron chi connectivity index (χ0n) is 19.3. The monoisotopic (exact) mass is 511 g/mol. The molecule has 2 unspecified atom stereocenters. The molecule has 10 heteroatoms. The van der Waals surface area contributed by atoms with Crippen molar-refractivity contribution >= 4 is 19.9 Å². The van der Waals surface area contributed by atoms with Gasteiger partial charge in [0.25, 0.3) is 0 Å². The first-order valence-corrected chi connectivity index (χ1v) is 12.8. The Kier molecular flexibility index (Phi) is 8.18. The van der Waals surface area contributed by atoms with E-state index in [1.165, 1.54) is 0 Å². The number of amides is 1. The Labute approximate surface area is 208 Å². The van der Waals surface area contributed by atoms with Gasteiger partial charge >= 0.3 is 19.9 Å². The average molecular weight is 511 g/mol. The number of rotatable bonds is 11. The second-order valence-corrected chi connectivity index (χ2v) is 9.66. The van der Waals surface area contributed by atoms with E-state index in [9.17, 15) is 24.2 Å². The van der Waals surface area contributed by atoms with Crippen LogP contribution >= 0.6 is 7.82 Å². The van der Waals surface area contributed by atoms with Gasteiger partial charge in [0.1, 0.15) is 12.6 Å². The van der Waals surface area contributed by atoms with Crippen LogP contribution in [0.4, 0.5) is 4.79 Å². The normalized spacial score (nSPS) is 14.8. The number of carboxylic acids is 1. The highest BCUT2D eigenvalue weighted by molar-refractivity contribution is 7.47. The summed E-state index contributed by atoms with van der Waals surface area (Å²) in [5, 5.41) is 11.7. The molecule has 0 saturated carbocycles. The summed E-state index contributed by atoms with van der Waals surface area (Å²) in [5.74, 6) is -1.50. The predicted molar refractivity (Wildman–Crippen MR) is 131 cm³/mol. The number of fused-ring (bicyclic) bond motifs is 3. The van der Waals surface area contributed by atoms with Crippen molar-refractivity contribution in [3.8, 4) is 11.1 Å². The van der Waals surface area contributed by atoms with E-state index in [1.807, 2.05) is 48.5 Å². The number of ether oxygens (including phenoxy) is 1. The summed E-state index contributed by atoms with van der Waals surface area (Å²) in [6, 6.07) is 23.1. The van der Waals surface area contributed by atoms with Crippen molar-refractivity contribution in [1.82, 2.24) is 5.32 Å². The summed E-state index contributed by atoms with van der Waals surface area (Å²) in [4.78, 5) is 33.8. The van der Waals surface area contributed by atoms with Crippen LogP contribution in [0.5, 0.6) is 0 Å². The highest BCUT2D eigenvalue weighted by atomic mass is 31.2. The van der Waals surface area contributed by atoms with Crippen LogP contribution in [-0.4, -0.2) is 41.3 Å². The van der Waals surface area contributed by atoms with Crippen LogP contribution in [0.25, 0.3) is 11.1 Å². The van der Waals surface area contributed by atoms with Gasteiger partial charge in [-0.1, -0.05) is 78.9 Å². The summed E-state index contributed by atoms with van der Waals surface area (Å²) < 4.78 is 27.2. The molecule has 36 heavy (non-hydrogen) atoms. The molecule has 0 aliphatic heterocycles. The van der Waals surface area contributed by atoms with E-state index in [2.05, 4.69) is 5.32 Å². The van der Waals surface area contributed by atoms with E-state index < -0.39 is 32.5 Å². The van der Waals surface area contributed by atoms with Gasteiger partial charge in [0.2, 0.25) is 0 Å². The minimum atomic E-state index is -4.40. The Bertz CT molecular complexity index is 1220. The third-order valence-electron chi connectivity index (χ3n) is 5.83. The van der Waals surface area contributed by atoms with Crippen molar-refractivity contribution in [1.29, 1.82) is 0 Å². The number of carboxylic acid groups (broad SMARTS) is 1. The van der Waals surface area contributed by atoms with Gasteiger partial charge in [-0.05, 0) is 27.8 Å². The predicted octanol–water partition coefficient (Wildman–Crippen LogP) is 4.70. The maximum Gasteiger partial charge on any atom is 0.472 e. The molecule has 1 aliphatic rings. The van der Waals surface area contributed by atoms with Crippen molar-refractivity contribution in [2.24, 2.45) is 0 Å². The fourth-order valence-corrected chi connectivity index (χ4v) is 4.82. The van der Waals surface area contributed by atoms with Gasteiger partial charge in [-0.25, -0.2) is 14.2 Å². The molecule has 0 radical (unpaired) electrons. The van der Waals surface area contributed by atoms with Gasteiger partial charge in [0, 0.05) is 12.3 Å². The largest absolute Gasteiger partial charge is 0.480 e. The van der Waals surface area contributed by atoms with Gasteiger partial charge in [-0.2, -0.15) is 0 Å². The number of hydrogen-bond donors (Lipinski definition) is 3. The number of alkyl carbamates (subject to hydrolysis) is 1. The van der Waals surface area contributed by atoms with Crippen molar-refractivity contribution in [2.45, 2.75) is 25.0 Å². The first-order valence-electron chi connectivity index (χ1n) is 11.3. The molecule has 0 saturated heterocycles. The van der Waals surface area contributed by atoms with Crippen molar-refractivity contribution in [3.63, 3.8) is 0 Å². The van der Waals surface area contributed by atoms with E-state index in [-0.39, 0.29) is 25.6 Å². The number of aliphatic carboxylic acids is 1. The molecular weight excluding hydrogens is 485 g/mol.